The molecule has 0 fully saturated rings. The van der Waals surface area contributed by atoms with Crippen LogP contribution in [0.25, 0.3) is 0 Å². The Morgan fingerprint density at radius 1 is 1.57 bits per heavy atom. The second-order valence-electron chi connectivity index (χ2n) is 4.10. The van der Waals surface area contributed by atoms with Gasteiger partial charge in [0.1, 0.15) is 8.28 Å². The monoisotopic (exact) mass is 343 g/mol. The Balaban J connectivity index is 4.18. The van der Waals surface area contributed by atoms with Crippen molar-refractivity contribution in [2.24, 2.45) is 0 Å². The standard InChI is InChI=1S/C13H17N3O2S3/c1-3-6-16-11(18)4-5-13(2,9-14)21-12(19)20-8-7-15-10-17/h1,10H,4-8H2,2H3,(H,15,17)(H,16,18). The van der Waals surface area contributed by atoms with Gasteiger partial charge in [0.15, 0.2) is 0 Å². The molecule has 5 nitrogen and oxygen atoms in total. The summed E-state index contributed by atoms with van der Waals surface area (Å²) < 4.78 is -0.133. The highest BCUT2D eigenvalue weighted by Gasteiger charge is 2.27. The molecule has 0 aromatic heterocycles. The number of hydrogen-bond donors (Lipinski definition) is 2. The molecule has 0 spiro atoms. The van der Waals surface area contributed by atoms with Crippen LogP contribution in [0.3, 0.4) is 0 Å². The van der Waals surface area contributed by atoms with Crippen molar-refractivity contribution in [1.82, 2.24) is 10.6 Å². The number of nitriles is 1. The molecule has 0 aliphatic carbocycles. The highest BCUT2D eigenvalue weighted by Crippen LogP contribution is 2.34. The molecule has 0 heterocycles. The lowest BCUT2D eigenvalue weighted by molar-refractivity contribution is -0.121. The Bertz CT molecular complexity index is 457. The summed E-state index contributed by atoms with van der Waals surface area (Å²) in [7, 11) is 0. The highest BCUT2D eigenvalue weighted by molar-refractivity contribution is 8.47. The second-order valence-corrected chi connectivity index (χ2v) is 7.90. The lowest BCUT2D eigenvalue weighted by Gasteiger charge is -2.20. The summed E-state index contributed by atoms with van der Waals surface area (Å²) in [5.74, 6) is 2.79. The fourth-order valence-electron chi connectivity index (χ4n) is 1.19. The first-order valence-corrected chi connectivity index (χ1v) is 8.32. The minimum absolute atomic E-state index is 0.177. The third-order valence-corrected chi connectivity index (χ3v) is 5.08. The SMILES string of the molecule is C#CCNC(=O)CCC(C)(C#N)SC(=S)SCCNC=O. The molecule has 0 saturated carbocycles. The Kier molecular flexibility index (Phi) is 10.8. The van der Waals surface area contributed by atoms with Crippen molar-refractivity contribution in [3.8, 4) is 18.4 Å². The van der Waals surface area contributed by atoms with Crippen LogP contribution >= 0.6 is 35.7 Å². The smallest absolute Gasteiger partial charge is 0.220 e. The number of terminal acetylenes is 1. The number of carbonyl (C=O) groups excluding carboxylic acids is 2. The molecule has 0 radical (unpaired) electrons. The lowest BCUT2D eigenvalue weighted by Crippen LogP contribution is -2.27. The zero-order valence-corrected chi connectivity index (χ0v) is 14.1. The number of hydrogen-bond acceptors (Lipinski definition) is 6. The number of thioether (sulfide) groups is 2. The number of thiocarbonyl (C=S) groups is 1. The maximum atomic E-state index is 11.5. The van der Waals surface area contributed by atoms with Gasteiger partial charge in [-0.1, -0.05) is 29.9 Å². The first-order valence-electron chi connectivity index (χ1n) is 6.11. The molecule has 0 aliphatic heterocycles. The van der Waals surface area contributed by atoms with E-state index in [1.807, 2.05) is 0 Å². The summed E-state index contributed by atoms with van der Waals surface area (Å²) in [4.78, 5) is 21.6. The first-order chi connectivity index (χ1) is 9.97. The van der Waals surface area contributed by atoms with Crippen molar-refractivity contribution in [1.29, 1.82) is 5.26 Å². The summed E-state index contributed by atoms with van der Waals surface area (Å²) in [6.07, 6.45) is 6.29. The summed E-state index contributed by atoms with van der Waals surface area (Å²) >= 11 is 7.87. The lowest BCUT2D eigenvalue weighted by atomic mass is 10.1. The summed E-state index contributed by atoms with van der Waals surface area (Å²) in [6, 6.07) is 2.19. The van der Waals surface area contributed by atoms with Crippen molar-refractivity contribution >= 4 is 51.6 Å². The largest absolute Gasteiger partial charge is 0.358 e. The van der Waals surface area contributed by atoms with E-state index in [1.165, 1.54) is 23.5 Å². The summed E-state index contributed by atoms with van der Waals surface area (Å²) in [5.41, 5.74) is 0. The topological polar surface area (TPSA) is 82.0 Å². The summed E-state index contributed by atoms with van der Waals surface area (Å²) in [5, 5.41) is 14.4. The van der Waals surface area contributed by atoms with Crippen molar-refractivity contribution in [2.75, 3.05) is 18.8 Å². The van der Waals surface area contributed by atoms with Gasteiger partial charge < -0.3 is 10.6 Å². The van der Waals surface area contributed by atoms with Crippen LogP contribution in [0.15, 0.2) is 0 Å². The maximum absolute atomic E-state index is 11.5. The molecule has 0 rings (SSSR count). The molecule has 2 N–H and O–H groups in total. The molecule has 0 bridgehead atoms. The Labute approximate surface area is 139 Å². The zero-order valence-electron chi connectivity index (χ0n) is 11.7. The van der Waals surface area contributed by atoms with E-state index in [1.54, 1.807) is 6.92 Å². The molecule has 0 aromatic carbocycles. The molecule has 0 aromatic rings. The van der Waals surface area contributed by atoms with Crippen molar-refractivity contribution in [2.45, 2.75) is 24.5 Å². The number of nitrogens with one attached hydrogen (secondary N) is 2. The van der Waals surface area contributed by atoms with Crippen LogP contribution in [0, 0.1) is 23.7 Å². The average Bonchev–Trinajstić information content (AvgIpc) is 2.47. The van der Waals surface area contributed by atoms with Gasteiger partial charge in [0.2, 0.25) is 12.3 Å². The van der Waals surface area contributed by atoms with E-state index in [9.17, 15) is 14.9 Å². The van der Waals surface area contributed by atoms with E-state index in [0.717, 1.165) is 0 Å². The van der Waals surface area contributed by atoms with Crippen molar-refractivity contribution < 1.29 is 9.59 Å². The van der Waals surface area contributed by atoms with Gasteiger partial charge in [-0.25, -0.2) is 0 Å². The Hall–Kier alpha value is -1.22. The quantitative estimate of drug-likeness (QED) is 0.284. The van der Waals surface area contributed by atoms with E-state index in [0.29, 0.717) is 28.7 Å². The summed E-state index contributed by atoms with van der Waals surface area (Å²) in [6.45, 7) is 2.46. The second kappa shape index (κ2) is 11.4. The van der Waals surface area contributed by atoms with Crippen LogP contribution in [0.1, 0.15) is 19.8 Å². The molecule has 8 heteroatoms. The van der Waals surface area contributed by atoms with Gasteiger partial charge in [-0.05, 0) is 13.3 Å². The number of nitrogens with zero attached hydrogens (tertiary/aromatic N) is 1. The molecule has 0 aliphatic rings. The van der Waals surface area contributed by atoms with E-state index < -0.39 is 4.75 Å². The van der Waals surface area contributed by atoms with E-state index in [4.69, 9.17) is 18.6 Å². The predicted octanol–water partition coefficient (Wildman–Crippen LogP) is 1.30. The molecule has 114 valence electrons. The average molecular weight is 343 g/mol. The van der Waals surface area contributed by atoms with Gasteiger partial charge in [-0.3, -0.25) is 9.59 Å². The van der Waals surface area contributed by atoms with Crippen LogP contribution in [0.5, 0.6) is 0 Å². The molecule has 0 saturated heterocycles. The molecule has 2 amide bonds. The van der Waals surface area contributed by atoms with E-state index in [-0.39, 0.29) is 18.9 Å². The first kappa shape index (κ1) is 19.8. The molecular formula is C13H17N3O2S3. The maximum Gasteiger partial charge on any atom is 0.220 e. The van der Waals surface area contributed by atoms with Crippen LogP contribution in [0.4, 0.5) is 0 Å². The van der Waals surface area contributed by atoms with Crippen LogP contribution in [-0.4, -0.2) is 39.4 Å². The minimum atomic E-state index is -0.754. The van der Waals surface area contributed by atoms with Gasteiger partial charge >= 0.3 is 0 Å². The van der Waals surface area contributed by atoms with Gasteiger partial charge in [0, 0.05) is 18.7 Å². The zero-order chi connectivity index (χ0) is 16.1. The third kappa shape index (κ3) is 10.2. The van der Waals surface area contributed by atoms with Crippen LogP contribution in [-0.2, 0) is 9.59 Å². The van der Waals surface area contributed by atoms with Crippen LogP contribution < -0.4 is 10.6 Å². The minimum Gasteiger partial charge on any atom is -0.358 e. The van der Waals surface area contributed by atoms with Crippen molar-refractivity contribution in [3.05, 3.63) is 0 Å². The fourth-order valence-corrected chi connectivity index (χ4v) is 4.03. The van der Waals surface area contributed by atoms with Crippen molar-refractivity contribution in [3.63, 3.8) is 0 Å². The van der Waals surface area contributed by atoms with Crippen LogP contribution in [0.2, 0.25) is 0 Å². The van der Waals surface area contributed by atoms with E-state index in [2.05, 4.69) is 22.6 Å². The Morgan fingerprint density at radius 2 is 2.29 bits per heavy atom. The number of rotatable bonds is 9. The third-order valence-electron chi connectivity index (χ3n) is 2.31. The molecule has 1 atom stereocenters. The van der Waals surface area contributed by atoms with Gasteiger partial charge in [-0.2, -0.15) is 5.26 Å². The van der Waals surface area contributed by atoms with Gasteiger partial charge in [0.05, 0.1) is 12.6 Å². The molecular weight excluding hydrogens is 326 g/mol. The van der Waals surface area contributed by atoms with E-state index >= 15 is 0 Å². The normalized spacial score (nSPS) is 12.3. The fraction of sp³-hybridized carbons (Fsp3) is 0.538. The predicted molar refractivity (Wildman–Crippen MR) is 91.8 cm³/mol. The van der Waals surface area contributed by atoms with Gasteiger partial charge in [0.25, 0.3) is 0 Å². The molecule has 1 unspecified atom stereocenters. The number of amides is 2. The highest BCUT2D eigenvalue weighted by atomic mass is 32.2. The van der Waals surface area contributed by atoms with Gasteiger partial charge in [-0.15, -0.1) is 18.2 Å². The number of carbonyl (C=O) groups is 2. The Morgan fingerprint density at radius 3 is 2.86 bits per heavy atom. The molecule has 21 heavy (non-hydrogen) atoms.